The van der Waals surface area contributed by atoms with Crippen LogP contribution in [0.15, 0.2) is 9.59 Å². The molecule has 66 valence electrons. The number of hydrogen-bond donors (Lipinski definition) is 1. The Hall–Kier alpha value is -1.59. The molecule has 6 nitrogen and oxygen atoms in total. The molecule has 0 bridgehead atoms. The van der Waals surface area contributed by atoms with Gasteiger partial charge < -0.3 is 4.90 Å². The SMILES string of the molecule is CN(C)c1nn(C)c(=O)[nH]c1=O. The topological polar surface area (TPSA) is 71.0 Å². The Kier molecular flexibility index (Phi) is 1.99. The van der Waals surface area contributed by atoms with Gasteiger partial charge >= 0.3 is 5.69 Å². The first-order valence-electron chi connectivity index (χ1n) is 3.37. The molecular formula is C6H10N4O2. The Labute approximate surface area is 68.4 Å². The van der Waals surface area contributed by atoms with Crippen LogP contribution in [0.2, 0.25) is 0 Å². The second kappa shape index (κ2) is 2.80. The first kappa shape index (κ1) is 8.51. The van der Waals surface area contributed by atoms with Crippen molar-refractivity contribution in [3.05, 3.63) is 20.8 Å². The molecule has 0 radical (unpaired) electrons. The van der Waals surface area contributed by atoms with Gasteiger partial charge in [-0.3, -0.25) is 9.78 Å². The van der Waals surface area contributed by atoms with Gasteiger partial charge in [-0.15, -0.1) is 5.10 Å². The highest BCUT2D eigenvalue weighted by Crippen LogP contribution is 1.91. The molecule has 0 fully saturated rings. The van der Waals surface area contributed by atoms with Crippen LogP contribution >= 0.6 is 0 Å². The lowest BCUT2D eigenvalue weighted by atomic mass is 10.6. The van der Waals surface area contributed by atoms with Crippen LogP contribution in [-0.2, 0) is 7.05 Å². The summed E-state index contributed by atoms with van der Waals surface area (Å²) < 4.78 is 1.08. The molecule has 0 spiro atoms. The molecule has 0 aromatic carbocycles. The first-order valence-corrected chi connectivity index (χ1v) is 3.37. The molecule has 0 unspecified atom stereocenters. The van der Waals surface area contributed by atoms with E-state index >= 15 is 0 Å². The average molecular weight is 170 g/mol. The van der Waals surface area contributed by atoms with Gasteiger partial charge in [0.25, 0.3) is 5.56 Å². The molecule has 0 amide bonds. The maximum atomic E-state index is 11.1. The minimum absolute atomic E-state index is 0.220. The number of H-pyrrole nitrogens is 1. The number of hydrogen-bond acceptors (Lipinski definition) is 4. The van der Waals surface area contributed by atoms with Crippen molar-refractivity contribution in [1.82, 2.24) is 14.8 Å². The molecular weight excluding hydrogens is 160 g/mol. The highest BCUT2D eigenvalue weighted by molar-refractivity contribution is 5.30. The summed E-state index contributed by atoms with van der Waals surface area (Å²) in [7, 11) is 4.84. The lowest BCUT2D eigenvalue weighted by Crippen LogP contribution is -2.34. The summed E-state index contributed by atoms with van der Waals surface area (Å²) in [5.41, 5.74) is -0.978. The second-order valence-corrected chi connectivity index (χ2v) is 2.60. The van der Waals surface area contributed by atoms with Gasteiger partial charge in [-0.25, -0.2) is 9.48 Å². The maximum absolute atomic E-state index is 11.1. The fourth-order valence-corrected chi connectivity index (χ4v) is 0.759. The van der Waals surface area contributed by atoms with Crippen LogP contribution in [0.5, 0.6) is 0 Å². The molecule has 0 saturated carbocycles. The van der Waals surface area contributed by atoms with Crippen LogP contribution in [0.4, 0.5) is 5.82 Å². The van der Waals surface area contributed by atoms with Crippen LogP contribution in [-0.4, -0.2) is 28.9 Å². The zero-order valence-corrected chi connectivity index (χ0v) is 7.16. The van der Waals surface area contributed by atoms with E-state index in [1.165, 1.54) is 11.9 Å². The maximum Gasteiger partial charge on any atom is 0.344 e. The minimum atomic E-state index is -0.509. The average Bonchev–Trinajstić information content (AvgIpc) is 1.96. The molecule has 0 aliphatic rings. The van der Waals surface area contributed by atoms with Gasteiger partial charge in [0.15, 0.2) is 0 Å². The van der Waals surface area contributed by atoms with Gasteiger partial charge in [-0.2, -0.15) is 0 Å². The molecule has 1 rings (SSSR count). The number of aromatic nitrogens is 3. The van der Waals surface area contributed by atoms with Gasteiger partial charge in [0.1, 0.15) is 0 Å². The predicted octanol–water partition coefficient (Wildman–Crippen LogP) is -1.47. The molecule has 1 aromatic rings. The van der Waals surface area contributed by atoms with E-state index in [0.717, 1.165) is 4.68 Å². The summed E-state index contributed by atoms with van der Waals surface area (Å²) in [5.74, 6) is 0.220. The molecule has 0 saturated heterocycles. The summed E-state index contributed by atoms with van der Waals surface area (Å²) >= 11 is 0. The van der Waals surface area contributed by atoms with E-state index < -0.39 is 11.2 Å². The molecule has 0 aliphatic carbocycles. The molecule has 1 aromatic heterocycles. The fourth-order valence-electron chi connectivity index (χ4n) is 0.759. The van der Waals surface area contributed by atoms with Crippen LogP contribution in [0.3, 0.4) is 0 Å². The van der Waals surface area contributed by atoms with E-state index in [4.69, 9.17) is 0 Å². The van der Waals surface area contributed by atoms with Crippen molar-refractivity contribution in [1.29, 1.82) is 0 Å². The van der Waals surface area contributed by atoms with E-state index in [1.54, 1.807) is 14.1 Å². The van der Waals surface area contributed by atoms with Gasteiger partial charge in [-0.05, 0) is 0 Å². The Balaban J connectivity index is 3.44. The number of nitrogens with one attached hydrogen (secondary N) is 1. The third kappa shape index (κ3) is 1.36. The standard InChI is InChI=1S/C6H10N4O2/c1-9(2)4-5(11)7-6(12)10(3)8-4/h1-3H3,(H,7,11,12). The van der Waals surface area contributed by atoms with E-state index in [-0.39, 0.29) is 5.82 Å². The quantitative estimate of drug-likeness (QED) is 0.559. The molecule has 1 heterocycles. The van der Waals surface area contributed by atoms with Gasteiger partial charge in [0.05, 0.1) is 0 Å². The van der Waals surface area contributed by atoms with Crippen molar-refractivity contribution < 1.29 is 0 Å². The van der Waals surface area contributed by atoms with E-state index in [2.05, 4.69) is 10.1 Å². The number of nitrogens with zero attached hydrogens (tertiary/aromatic N) is 3. The lowest BCUT2D eigenvalue weighted by Gasteiger charge is -2.09. The van der Waals surface area contributed by atoms with E-state index in [1.807, 2.05) is 0 Å². The number of rotatable bonds is 1. The Morgan fingerprint density at radius 3 is 2.50 bits per heavy atom. The summed E-state index contributed by atoms with van der Waals surface area (Å²) in [6.07, 6.45) is 0. The molecule has 1 N–H and O–H groups in total. The first-order chi connectivity index (χ1) is 5.52. The zero-order chi connectivity index (χ0) is 9.30. The second-order valence-electron chi connectivity index (χ2n) is 2.60. The third-order valence-corrected chi connectivity index (χ3v) is 1.39. The van der Waals surface area contributed by atoms with E-state index in [9.17, 15) is 9.59 Å². The Bertz CT molecular complexity index is 389. The van der Waals surface area contributed by atoms with Crippen molar-refractivity contribution in [2.75, 3.05) is 19.0 Å². The lowest BCUT2D eigenvalue weighted by molar-refractivity contribution is 0.661. The summed E-state index contributed by atoms with van der Waals surface area (Å²) in [4.78, 5) is 25.6. The number of anilines is 1. The molecule has 0 atom stereocenters. The minimum Gasteiger partial charge on any atom is -0.357 e. The number of aryl methyl sites for hydroxylation is 1. The van der Waals surface area contributed by atoms with Gasteiger partial charge in [0, 0.05) is 21.1 Å². The largest absolute Gasteiger partial charge is 0.357 e. The third-order valence-electron chi connectivity index (χ3n) is 1.39. The van der Waals surface area contributed by atoms with Crippen LogP contribution in [0.1, 0.15) is 0 Å². The highest BCUT2D eigenvalue weighted by atomic mass is 16.2. The van der Waals surface area contributed by atoms with Crippen molar-refractivity contribution in [3.63, 3.8) is 0 Å². The van der Waals surface area contributed by atoms with Crippen LogP contribution in [0.25, 0.3) is 0 Å². The van der Waals surface area contributed by atoms with Crippen LogP contribution < -0.4 is 16.1 Å². The van der Waals surface area contributed by atoms with E-state index in [0.29, 0.717) is 0 Å². The zero-order valence-electron chi connectivity index (χ0n) is 7.16. The Morgan fingerprint density at radius 1 is 1.42 bits per heavy atom. The summed E-state index contributed by atoms with van der Waals surface area (Å²) in [5, 5.41) is 3.76. The Morgan fingerprint density at radius 2 is 2.00 bits per heavy atom. The smallest absolute Gasteiger partial charge is 0.344 e. The van der Waals surface area contributed by atoms with Gasteiger partial charge in [-0.1, -0.05) is 0 Å². The summed E-state index contributed by atoms with van der Waals surface area (Å²) in [6.45, 7) is 0. The fraction of sp³-hybridized carbons (Fsp3) is 0.500. The predicted molar refractivity (Wildman–Crippen MR) is 44.4 cm³/mol. The monoisotopic (exact) mass is 170 g/mol. The van der Waals surface area contributed by atoms with Crippen molar-refractivity contribution in [2.45, 2.75) is 0 Å². The van der Waals surface area contributed by atoms with Gasteiger partial charge in [0.2, 0.25) is 5.82 Å². The van der Waals surface area contributed by atoms with Crippen LogP contribution in [0, 0.1) is 0 Å². The highest BCUT2D eigenvalue weighted by Gasteiger charge is 2.04. The number of aromatic amines is 1. The molecule has 6 heteroatoms. The molecule has 12 heavy (non-hydrogen) atoms. The van der Waals surface area contributed by atoms with Crippen molar-refractivity contribution >= 4 is 5.82 Å². The normalized spacial score (nSPS) is 9.92. The molecule has 0 aliphatic heterocycles. The van der Waals surface area contributed by atoms with Crippen molar-refractivity contribution in [2.24, 2.45) is 7.05 Å². The summed E-state index contributed by atoms with van der Waals surface area (Å²) in [6, 6.07) is 0. The van der Waals surface area contributed by atoms with Crippen molar-refractivity contribution in [3.8, 4) is 0 Å².